The Morgan fingerprint density at radius 2 is 1.92 bits per heavy atom. The Morgan fingerprint density at radius 1 is 1.11 bits per heavy atom. The van der Waals surface area contributed by atoms with Gasteiger partial charge >= 0.3 is 6.09 Å². The molecule has 0 aliphatic carbocycles. The smallest absolute Gasteiger partial charge is 0.409 e. The molecular weight excluding hydrogens is 506 g/mol. The summed E-state index contributed by atoms with van der Waals surface area (Å²) in [5, 5.41) is 8.09. The summed E-state index contributed by atoms with van der Waals surface area (Å²) in [6, 6.07) is 17.7. The fourth-order valence-corrected chi connectivity index (χ4v) is 5.00. The number of piperidine rings is 1. The number of nitrogens with zero attached hydrogens (tertiary/aromatic N) is 2. The van der Waals surface area contributed by atoms with Crippen LogP contribution >= 0.6 is 11.6 Å². The molecule has 3 N–H and O–H groups in total. The van der Waals surface area contributed by atoms with Crippen LogP contribution < -0.4 is 16.2 Å². The number of carbonyl (C=O) groups is 2. The lowest BCUT2D eigenvalue weighted by Gasteiger charge is -2.38. The van der Waals surface area contributed by atoms with Gasteiger partial charge in [-0.15, -0.1) is 0 Å². The van der Waals surface area contributed by atoms with Crippen LogP contribution in [-0.4, -0.2) is 58.7 Å². The largest absolute Gasteiger partial charge is 0.453 e. The Labute approximate surface area is 224 Å². The molecule has 2 atom stereocenters. The number of rotatable bonds is 6. The number of hydrogen-bond donors (Lipinski definition) is 3. The van der Waals surface area contributed by atoms with Gasteiger partial charge in [0.2, 0.25) is 0 Å². The molecule has 1 saturated heterocycles. The van der Waals surface area contributed by atoms with E-state index in [1.165, 1.54) is 13.2 Å². The average molecular weight is 534 g/mol. The Morgan fingerprint density at radius 3 is 2.68 bits per heavy atom. The van der Waals surface area contributed by atoms with Crippen molar-refractivity contribution in [2.75, 3.05) is 20.2 Å². The monoisotopic (exact) mass is 533 g/mol. The van der Waals surface area contributed by atoms with Gasteiger partial charge in [-0.3, -0.25) is 14.2 Å². The van der Waals surface area contributed by atoms with E-state index >= 15 is 0 Å². The summed E-state index contributed by atoms with van der Waals surface area (Å²) in [4.78, 5) is 42.2. The molecule has 9 nitrogen and oxygen atoms in total. The van der Waals surface area contributed by atoms with Gasteiger partial charge in [0.15, 0.2) is 0 Å². The quantitative estimate of drug-likeness (QED) is 0.350. The summed E-state index contributed by atoms with van der Waals surface area (Å²) in [6.45, 7) is 1.40. The van der Waals surface area contributed by atoms with E-state index < -0.39 is 6.09 Å². The van der Waals surface area contributed by atoms with E-state index in [1.807, 2.05) is 36.4 Å². The molecule has 1 aliphatic rings. The summed E-state index contributed by atoms with van der Waals surface area (Å²) in [5.74, 6) is -0.237. The molecule has 1 fully saturated rings. The molecule has 0 bridgehead atoms. The van der Waals surface area contributed by atoms with Gasteiger partial charge in [0, 0.05) is 66.3 Å². The number of hydrogen-bond acceptors (Lipinski definition) is 5. The van der Waals surface area contributed by atoms with Crippen molar-refractivity contribution in [1.82, 2.24) is 25.1 Å². The van der Waals surface area contributed by atoms with Crippen molar-refractivity contribution in [2.45, 2.75) is 25.0 Å². The molecule has 2 amide bonds. The highest BCUT2D eigenvalue weighted by Gasteiger charge is 2.33. The number of H-pyrrole nitrogens is 1. The number of carbonyl (C=O) groups excluding carboxylic acids is 2. The molecule has 5 rings (SSSR count). The van der Waals surface area contributed by atoms with Crippen molar-refractivity contribution >= 4 is 34.5 Å². The van der Waals surface area contributed by atoms with Crippen molar-refractivity contribution in [3.05, 3.63) is 99.6 Å². The van der Waals surface area contributed by atoms with Gasteiger partial charge in [0.1, 0.15) is 0 Å². The van der Waals surface area contributed by atoms with Crippen molar-refractivity contribution in [1.29, 1.82) is 0 Å². The number of halogens is 1. The van der Waals surface area contributed by atoms with E-state index in [0.717, 1.165) is 22.2 Å². The van der Waals surface area contributed by atoms with Crippen LogP contribution in [0.15, 0.2) is 77.9 Å². The summed E-state index contributed by atoms with van der Waals surface area (Å²) >= 11 is 6.17. The number of aromatic nitrogens is 2. The third-order valence-electron chi connectivity index (χ3n) is 6.86. The number of likely N-dealkylation sites (tertiary alicyclic amines) is 1. The molecule has 10 heteroatoms. The highest BCUT2D eigenvalue weighted by Crippen LogP contribution is 2.24. The van der Waals surface area contributed by atoms with E-state index in [0.29, 0.717) is 36.6 Å². The SMILES string of the molecule is COC(=O)N1CCC(NCc2ccc(-n3ccccc3=O)cc2)C(NC(=O)c2ccc3c(Cl)c[nH]c3c2)C1. The van der Waals surface area contributed by atoms with Crippen LogP contribution in [0.4, 0.5) is 4.79 Å². The predicted molar refractivity (Wildman–Crippen MR) is 146 cm³/mol. The molecule has 2 unspecified atom stereocenters. The molecule has 2 aromatic heterocycles. The van der Waals surface area contributed by atoms with Crippen molar-refractivity contribution in [3.8, 4) is 5.69 Å². The fraction of sp³-hybridized carbons (Fsp3) is 0.250. The Balaban J connectivity index is 1.28. The van der Waals surface area contributed by atoms with Crippen molar-refractivity contribution < 1.29 is 14.3 Å². The number of aromatic amines is 1. The maximum Gasteiger partial charge on any atom is 0.409 e. The van der Waals surface area contributed by atoms with Gasteiger partial charge < -0.3 is 25.3 Å². The number of pyridine rings is 1. The average Bonchev–Trinajstić information content (AvgIpc) is 3.32. The first-order chi connectivity index (χ1) is 18.4. The highest BCUT2D eigenvalue weighted by molar-refractivity contribution is 6.35. The second-order valence-electron chi connectivity index (χ2n) is 9.24. The number of nitrogens with one attached hydrogen (secondary N) is 3. The second kappa shape index (κ2) is 11.1. The van der Waals surface area contributed by atoms with Gasteiger partial charge in [-0.2, -0.15) is 0 Å². The molecule has 196 valence electrons. The van der Waals surface area contributed by atoms with Gasteiger partial charge in [-0.25, -0.2) is 4.79 Å². The molecule has 1 aliphatic heterocycles. The predicted octanol–water partition coefficient (Wildman–Crippen LogP) is 3.70. The fourth-order valence-electron chi connectivity index (χ4n) is 4.79. The van der Waals surface area contributed by atoms with Crippen molar-refractivity contribution in [3.63, 3.8) is 0 Å². The van der Waals surface area contributed by atoms with Crippen LogP contribution in [0.2, 0.25) is 5.02 Å². The minimum atomic E-state index is -0.420. The van der Waals surface area contributed by atoms with Crippen LogP contribution in [0.1, 0.15) is 22.3 Å². The van der Waals surface area contributed by atoms with Crippen LogP contribution in [0.25, 0.3) is 16.6 Å². The molecule has 38 heavy (non-hydrogen) atoms. The lowest BCUT2D eigenvalue weighted by atomic mass is 9.98. The summed E-state index contributed by atoms with van der Waals surface area (Å²) < 4.78 is 6.50. The normalized spacial score (nSPS) is 17.4. The molecule has 3 heterocycles. The first kappa shape index (κ1) is 25.6. The van der Waals surface area contributed by atoms with E-state index in [4.69, 9.17) is 16.3 Å². The zero-order valence-electron chi connectivity index (χ0n) is 20.8. The van der Waals surface area contributed by atoms with Crippen LogP contribution in [0.3, 0.4) is 0 Å². The first-order valence-corrected chi connectivity index (χ1v) is 12.7. The number of amides is 2. The zero-order chi connectivity index (χ0) is 26.6. The van der Waals surface area contributed by atoms with Crippen LogP contribution in [-0.2, 0) is 11.3 Å². The standard InChI is InChI=1S/C28H28ClN5O4/c1-38-28(37)33-13-11-23(30-15-18-5-8-20(9-6-18)34-12-3-2-4-26(34)35)25(17-33)32-27(36)19-7-10-21-22(29)16-31-24(21)14-19/h2-10,12,14,16,23,25,30-31H,11,13,15,17H2,1H3,(H,32,36). The number of ether oxygens (including phenoxy) is 1. The Hall–Kier alpha value is -4.08. The minimum Gasteiger partial charge on any atom is -0.453 e. The van der Waals surface area contributed by atoms with Gasteiger partial charge in [0.25, 0.3) is 11.5 Å². The summed E-state index contributed by atoms with van der Waals surface area (Å²) in [6.07, 6.45) is 3.65. The molecule has 0 radical (unpaired) electrons. The Kier molecular flexibility index (Phi) is 7.48. The zero-order valence-corrected chi connectivity index (χ0v) is 21.6. The van der Waals surface area contributed by atoms with Crippen molar-refractivity contribution in [2.24, 2.45) is 0 Å². The minimum absolute atomic E-state index is 0.0695. The number of fused-ring (bicyclic) bond motifs is 1. The van der Waals surface area contributed by atoms with Crippen LogP contribution in [0.5, 0.6) is 0 Å². The molecule has 0 saturated carbocycles. The third-order valence-corrected chi connectivity index (χ3v) is 7.17. The molecular formula is C28H28ClN5O4. The molecule has 2 aromatic carbocycles. The van der Waals surface area contributed by atoms with E-state index in [9.17, 15) is 14.4 Å². The number of methoxy groups -OCH3 is 1. The second-order valence-corrected chi connectivity index (χ2v) is 9.65. The van der Waals surface area contributed by atoms with Gasteiger partial charge in [0.05, 0.1) is 18.2 Å². The molecule has 0 spiro atoms. The maximum atomic E-state index is 13.2. The van der Waals surface area contributed by atoms with E-state index in [-0.39, 0.29) is 23.6 Å². The Bertz CT molecular complexity index is 1510. The highest BCUT2D eigenvalue weighted by atomic mass is 35.5. The van der Waals surface area contributed by atoms with Crippen LogP contribution in [0, 0.1) is 0 Å². The molecule has 4 aromatic rings. The van der Waals surface area contributed by atoms with Gasteiger partial charge in [-0.1, -0.05) is 35.9 Å². The van der Waals surface area contributed by atoms with Gasteiger partial charge in [-0.05, 0) is 42.3 Å². The maximum absolute atomic E-state index is 13.2. The van der Waals surface area contributed by atoms with E-state index in [2.05, 4.69) is 15.6 Å². The lowest BCUT2D eigenvalue weighted by molar-refractivity contribution is 0.0815. The summed E-state index contributed by atoms with van der Waals surface area (Å²) in [5.41, 5.74) is 3.01. The third kappa shape index (κ3) is 5.44. The topological polar surface area (TPSA) is 108 Å². The number of benzene rings is 2. The lowest BCUT2D eigenvalue weighted by Crippen LogP contribution is -2.60. The first-order valence-electron chi connectivity index (χ1n) is 12.3. The summed E-state index contributed by atoms with van der Waals surface area (Å²) in [7, 11) is 1.35. The van der Waals surface area contributed by atoms with E-state index in [1.54, 1.807) is 40.1 Å².